The fraction of sp³-hybridized carbons (Fsp3) is 0.250. The number of ether oxygens (including phenoxy) is 1. The van der Waals surface area contributed by atoms with Gasteiger partial charge in [0.15, 0.2) is 0 Å². The summed E-state index contributed by atoms with van der Waals surface area (Å²) in [6.45, 7) is -2.46. The number of likely N-dealkylation sites (N-methyl/N-ethyl adjacent to an activating group) is 1. The number of rotatable bonds is 12. The smallest absolute Gasteiger partial charge is 0.387 e. The maximum absolute atomic E-state index is 12.8. The number of nitrogens with zero attached hydrogens (tertiary/aromatic N) is 3. The van der Waals surface area contributed by atoms with Crippen LogP contribution in [-0.2, 0) is 10.5 Å². The lowest BCUT2D eigenvalue weighted by Gasteiger charge is -2.14. The third-order valence-corrected chi connectivity index (χ3v) is 5.79. The van der Waals surface area contributed by atoms with E-state index < -0.39 is 12.5 Å². The minimum Gasteiger partial charge on any atom is -0.435 e. The van der Waals surface area contributed by atoms with E-state index in [1.165, 1.54) is 36.0 Å². The van der Waals surface area contributed by atoms with E-state index in [0.29, 0.717) is 34.4 Å². The normalized spacial score (nSPS) is 10.9. The van der Waals surface area contributed by atoms with Crippen LogP contribution in [0.4, 0.5) is 20.3 Å². The van der Waals surface area contributed by atoms with E-state index in [-0.39, 0.29) is 24.8 Å². The van der Waals surface area contributed by atoms with E-state index in [2.05, 4.69) is 25.3 Å². The molecule has 2 heterocycles. The topological polar surface area (TPSA) is 117 Å². The van der Waals surface area contributed by atoms with E-state index >= 15 is 0 Å². The Kier molecular flexibility index (Phi) is 10.1. The summed E-state index contributed by atoms with van der Waals surface area (Å²) in [5, 5.41) is 14.9. The minimum absolute atomic E-state index is 0.00860. The molecule has 0 saturated heterocycles. The van der Waals surface area contributed by atoms with Crippen LogP contribution in [0.1, 0.15) is 15.9 Å². The van der Waals surface area contributed by atoms with Crippen LogP contribution >= 0.6 is 11.8 Å². The Hall–Kier alpha value is -3.61. The summed E-state index contributed by atoms with van der Waals surface area (Å²) < 4.78 is 28.9. The van der Waals surface area contributed by atoms with Crippen molar-refractivity contribution in [3.05, 3.63) is 72.1 Å². The van der Waals surface area contributed by atoms with Gasteiger partial charge in [-0.15, -0.1) is 11.8 Å². The first-order valence-electron chi connectivity index (χ1n) is 10.8. The Morgan fingerprint density at radius 2 is 1.89 bits per heavy atom. The van der Waals surface area contributed by atoms with E-state index in [0.717, 1.165) is 5.56 Å². The first-order chi connectivity index (χ1) is 17.3. The van der Waals surface area contributed by atoms with Crippen LogP contribution < -0.4 is 15.4 Å². The maximum Gasteiger partial charge on any atom is 0.387 e. The third-order valence-electron chi connectivity index (χ3n) is 4.72. The van der Waals surface area contributed by atoms with Gasteiger partial charge in [-0.2, -0.15) is 8.78 Å². The number of hydrogen-bond acceptors (Lipinski definition) is 8. The number of aromatic nitrogens is 2. The molecule has 3 rings (SSSR count). The Morgan fingerprint density at radius 3 is 2.61 bits per heavy atom. The molecule has 0 fully saturated rings. The van der Waals surface area contributed by atoms with Gasteiger partial charge in [-0.3, -0.25) is 14.5 Å². The van der Waals surface area contributed by atoms with Gasteiger partial charge in [0.2, 0.25) is 5.91 Å². The molecular formula is C24H25F2N5O4S. The van der Waals surface area contributed by atoms with Crippen molar-refractivity contribution in [3.63, 3.8) is 0 Å². The molecule has 9 nitrogen and oxygen atoms in total. The lowest BCUT2D eigenvalue weighted by molar-refractivity contribution is -0.117. The van der Waals surface area contributed by atoms with Gasteiger partial charge in [0, 0.05) is 30.4 Å². The molecule has 0 aliphatic carbocycles. The molecule has 2 aromatic heterocycles. The van der Waals surface area contributed by atoms with Crippen molar-refractivity contribution in [2.45, 2.75) is 17.4 Å². The van der Waals surface area contributed by atoms with Crippen LogP contribution in [-0.4, -0.2) is 65.1 Å². The maximum atomic E-state index is 12.8. The molecule has 12 heteroatoms. The molecule has 3 N–H and O–H groups in total. The Labute approximate surface area is 210 Å². The number of thioether (sulfide) groups is 1. The van der Waals surface area contributed by atoms with E-state index in [1.54, 1.807) is 48.6 Å². The average molecular weight is 518 g/mol. The third kappa shape index (κ3) is 8.56. The second kappa shape index (κ2) is 13.5. The molecule has 190 valence electrons. The quantitative estimate of drug-likeness (QED) is 0.313. The van der Waals surface area contributed by atoms with Crippen molar-refractivity contribution >= 4 is 35.1 Å². The monoisotopic (exact) mass is 517 g/mol. The highest BCUT2D eigenvalue weighted by Crippen LogP contribution is 2.26. The van der Waals surface area contributed by atoms with Crippen LogP contribution in [0.15, 0.2) is 66.0 Å². The summed E-state index contributed by atoms with van der Waals surface area (Å²) >= 11 is 1.34. The molecule has 0 bridgehead atoms. The summed E-state index contributed by atoms with van der Waals surface area (Å²) in [4.78, 5) is 35.1. The standard InChI is InChI=1S/C24H25F2N5O4S/c1-31(11-12-32)14-21(33)30-20-13-16(8-10-27-20)15-36-23-19(3-2-9-28-23)22(34)29-17-4-6-18(7-5-17)35-24(25)26/h2-10,13,24,32H,11-12,14-15H2,1H3,(H,29,34)(H,27,30,33). The van der Waals surface area contributed by atoms with E-state index in [4.69, 9.17) is 5.11 Å². The van der Waals surface area contributed by atoms with E-state index in [9.17, 15) is 18.4 Å². The molecule has 3 aromatic rings. The summed E-state index contributed by atoms with van der Waals surface area (Å²) in [7, 11) is 1.73. The zero-order chi connectivity index (χ0) is 25.9. The summed E-state index contributed by atoms with van der Waals surface area (Å²) in [5.74, 6) is 0.204. The molecule has 0 radical (unpaired) electrons. The highest BCUT2D eigenvalue weighted by Gasteiger charge is 2.14. The molecule has 0 atom stereocenters. The number of pyridine rings is 2. The number of benzene rings is 1. The van der Waals surface area contributed by atoms with Gasteiger partial charge in [-0.1, -0.05) is 0 Å². The van der Waals surface area contributed by atoms with Gasteiger partial charge >= 0.3 is 6.61 Å². The van der Waals surface area contributed by atoms with Crippen LogP contribution in [0.2, 0.25) is 0 Å². The van der Waals surface area contributed by atoms with Crippen molar-refractivity contribution in [3.8, 4) is 5.75 Å². The number of aliphatic hydroxyl groups excluding tert-OH is 1. The predicted molar refractivity (Wildman–Crippen MR) is 132 cm³/mol. The number of nitrogens with one attached hydrogen (secondary N) is 2. The fourth-order valence-corrected chi connectivity index (χ4v) is 3.99. The minimum atomic E-state index is -2.92. The zero-order valence-electron chi connectivity index (χ0n) is 19.4. The highest BCUT2D eigenvalue weighted by atomic mass is 32.2. The lowest BCUT2D eigenvalue weighted by atomic mass is 10.2. The fourth-order valence-electron chi connectivity index (χ4n) is 3.06. The van der Waals surface area contributed by atoms with Crippen molar-refractivity contribution in [1.82, 2.24) is 14.9 Å². The Morgan fingerprint density at radius 1 is 1.11 bits per heavy atom. The molecule has 2 amide bonds. The van der Waals surface area contributed by atoms with Gasteiger partial charge in [0.1, 0.15) is 16.6 Å². The van der Waals surface area contributed by atoms with E-state index in [1.807, 2.05) is 0 Å². The van der Waals surface area contributed by atoms with Crippen LogP contribution in [0, 0.1) is 0 Å². The number of hydrogen-bond donors (Lipinski definition) is 3. The van der Waals surface area contributed by atoms with Gasteiger partial charge < -0.3 is 20.5 Å². The second-order valence-electron chi connectivity index (χ2n) is 7.56. The van der Waals surface area contributed by atoms with Gasteiger partial charge in [-0.05, 0) is 61.1 Å². The molecule has 0 aliphatic heterocycles. The van der Waals surface area contributed by atoms with Crippen LogP contribution in [0.5, 0.6) is 5.75 Å². The zero-order valence-corrected chi connectivity index (χ0v) is 20.2. The predicted octanol–water partition coefficient (Wildman–Crippen LogP) is 3.49. The van der Waals surface area contributed by atoms with Gasteiger partial charge in [0.25, 0.3) is 5.91 Å². The summed E-state index contributed by atoms with van der Waals surface area (Å²) in [5.41, 5.74) is 1.63. The van der Waals surface area contributed by atoms with Crippen molar-refractivity contribution in [1.29, 1.82) is 0 Å². The molecule has 0 unspecified atom stereocenters. The first kappa shape index (κ1) is 27.0. The Bertz CT molecular complexity index is 1170. The Balaban J connectivity index is 1.61. The average Bonchev–Trinajstić information content (AvgIpc) is 2.84. The molecule has 0 aliphatic rings. The first-order valence-corrected chi connectivity index (χ1v) is 11.8. The number of amides is 2. The molecule has 36 heavy (non-hydrogen) atoms. The molecule has 0 saturated carbocycles. The number of halogens is 2. The number of anilines is 2. The number of alkyl halides is 2. The summed E-state index contributed by atoms with van der Waals surface area (Å²) in [6.07, 6.45) is 3.16. The van der Waals surface area contributed by atoms with Gasteiger partial charge in [0.05, 0.1) is 18.7 Å². The second-order valence-corrected chi connectivity index (χ2v) is 8.52. The molecule has 0 spiro atoms. The van der Waals surface area contributed by atoms with Crippen molar-refractivity contribution < 1.29 is 28.2 Å². The SMILES string of the molecule is CN(CCO)CC(=O)Nc1cc(CSc2ncccc2C(=O)Nc2ccc(OC(F)F)cc2)ccn1. The molecular weight excluding hydrogens is 492 g/mol. The van der Waals surface area contributed by atoms with Crippen LogP contribution in [0.3, 0.4) is 0 Å². The van der Waals surface area contributed by atoms with Crippen LogP contribution in [0.25, 0.3) is 0 Å². The van der Waals surface area contributed by atoms with Crippen molar-refractivity contribution in [2.75, 3.05) is 37.4 Å². The molecule has 1 aromatic carbocycles. The largest absolute Gasteiger partial charge is 0.435 e. The number of carbonyl (C=O) groups excluding carboxylic acids is 2. The van der Waals surface area contributed by atoms with Crippen molar-refractivity contribution in [2.24, 2.45) is 0 Å². The number of aliphatic hydroxyl groups is 1. The highest BCUT2D eigenvalue weighted by molar-refractivity contribution is 7.98. The van der Waals surface area contributed by atoms with Gasteiger partial charge in [-0.25, -0.2) is 9.97 Å². The lowest BCUT2D eigenvalue weighted by Crippen LogP contribution is -2.32. The number of carbonyl (C=O) groups is 2. The summed E-state index contributed by atoms with van der Waals surface area (Å²) in [6, 6.07) is 12.4.